The lowest BCUT2D eigenvalue weighted by Gasteiger charge is -2.42. The average Bonchev–Trinajstić information content (AvgIpc) is 2.88. The third kappa shape index (κ3) is 1.33. The number of nitrogens with zero attached hydrogens (tertiary/aromatic N) is 1. The van der Waals surface area contributed by atoms with Crippen LogP contribution in [0.15, 0.2) is 18.5 Å². The largest absolute Gasteiger partial charge is 0.469 e. The number of esters is 1. The Morgan fingerprint density at radius 1 is 1.59 bits per heavy atom. The molecule has 90 valence electrons. The van der Waals surface area contributed by atoms with Crippen LogP contribution in [0.4, 0.5) is 0 Å². The number of ether oxygens (including phenoxy) is 2. The van der Waals surface area contributed by atoms with Crippen LogP contribution in [0.5, 0.6) is 0 Å². The van der Waals surface area contributed by atoms with Crippen molar-refractivity contribution in [1.82, 2.24) is 4.98 Å². The van der Waals surface area contributed by atoms with Crippen molar-refractivity contribution in [3.05, 3.63) is 29.6 Å². The molecule has 0 amide bonds. The topological polar surface area (TPSA) is 48.4 Å². The van der Waals surface area contributed by atoms with Gasteiger partial charge < -0.3 is 9.47 Å². The predicted molar refractivity (Wildman–Crippen MR) is 60.5 cm³/mol. The van der Waals surface area contributed by atoms with E-state index in [0.717, 1.165) is 17.5 Å². The molecule has 4 rings (SSSR count). The highest BCUT2D eigenvalue weighted by Gasteiger charge is 2.65. The first kappa shape index (κ1) is 10.7. The zero-order chi connectivity index (χ0) is 12.0. The fourth-order valence-corrected chi connectivity index (χ4v) is 3.07. The fourth-order valence-electron chi connectivity index (χ4n) is 3.07. The molecule has 3 fully saturated rings. The lowest BCUT2D eigenvalue weighted by atomic mass is 9.58. The Labute approximate surface area is 99.9 Å². The van der Waals surface area contributed by atoms with Crippen LogP contribution in [0.3, 0.4) is 0 Å². The lowest BCUT2D eigenvalue weighted by Crippen LogP contribution is -2.53. The van der Waals surface area contributed by atoms with Crippen LogP contribution < -0.4 is 0 Å². The highest BCUT2D eigenvalue weighted by Crippen LogP contribution is 2.56. The summed E-state index contributed by atoms with van der Waals surface area (Å²) in [5.41, 5.74) is 2.01. The molecular weight excluding hydrogens is 218 g/mol. The molecule has 3 atom stereocenters. The maximum atomic E-state index is 11.8. The van der Waals surface area contributed by atoms with Gasteiger partial charge in [-0.3, -0.25) is 9.78 Å². The number of aromatic nitrogens is 1. The summed E-state index contributed by atoms with van der Waals surface area (Å²) in [6.45, 7) is 2.61. The number of pyridine rings is 1. The maximum Gasteiger partial charge on any atom is 0.312 e. The van der Waals surface area contributed by atoms with E-state index in [1.165, 1.54) is 7.11 Å². The van der Waals surface area contributed by atoms with Crippen LogP contribution in [0, 0.1) is 12.8 Å². The van der Waals surface area contributed by atoms with Crippen molar-refractivity contribution in [3.8, 4) is 0 Å². The van der Waals surface area contributed by atoms with Crippen LogP contribution in [0.25, 0.3) is 0 Å². The van der Waals surface area contributed by atoms with E-state index in [1.54, 1.807) is 0 Å². The standard InChI is InChI=1S/C13H15NO3/c1-8-3-9(6-14-5-8)13-4-10(17-7-13)11(13)12(15)16-2/h3,5-6,10-11H,4,7H2,1-2H3/t10-,11+,13-/m1/s1. The molecule has 4 nitrogen and oxygen atoms in total. The zero-order valence-electron chi connectivity index (χ0n) is 9.97. The van der Waals surface area contributed by atoms with E-state index in [-0.39, 0.29) is 23.4 Å². The van der Waals surface area contributed by atoms with Crippen molar-refractivity contribution in [2.45, 2.75) is 24.9 Å². The van der Waals surface area contributed by atoms with Gasteiger partial charge in [-0.25, -0.2) is 0 Å². The molecule has 1 aromatic rings. The molecular formula is C13H15NO3. The first-order valence-electron chi connectivity index (χ1n) is 5.79. The summed E-state index contributed by atoms with van der Waals surface area (Å²) in [4.78, 5) is 16.0. The summed E-state index contributed by atoms with van der Waals surface area (Å²) in [7, 11) is 1.43. The van der Waals surface area contributed by atoms with Crippen LogP contribution in [-0.2, 0) is 19.7 Å². The Kier molecular flexibility index (Phi) is 2.23. The summed E-state index contributed by atoms with van der Waals surface area (Å²) >= 11 is 0. The molecule has 2 aliphatic heterocycles. The molecule has 1 aliphatic carbocycles. The number of carbonyl (C=O) groups excluding carboxylic acids is 1. The van der Waals surface area contributed by atoms with E-state index in [9.17, 15) is 4.79 Å². The van der Waals surface area contributed by atoms with Crippen molar-refractivity contribution in [1.29, 1.82) is 0 Å². The lowest BCUT2D eigenvalue weighted by molar-refractivity contribution is -0.154. The fraction of sp³-hybridized carbons (Fsp3) is 0.538. The Balaban J connectivity index is 1.99. The molecule has 3 heterocycles. The minimum atomic E-state index is -0.198. The third-order valence-electron chi connectivity index (χ3n) is 3.99. The summed E-state index contributed by atoms with van der Waals surface area (Å²) in [5.74, 6) is -0.323. The molecule has 2 saturated heterocycles. The second-order valence-electron chi connectivity index (χ2n) is 4.96. The Morgan fingerprint density at radius 2 is 2.41 bits per heavy atom. The Hall–Kier alpha value is -1.42. The van der Waals surface area contributed by atoms with Gasteiger partial charge in [0.1, 0.15) is 0 Å². The van der Waals surface area contributed by atoms with Gasteiger partial charge in [0.15, 0.2) is 0 Å². The van der Waals surface area contributed by atoms with E-state index in [4.69, 9.17) is 9.47 Å². The molecule has 0 radical (unpaired) electrons. The van der Waals surface area contributed by atoms with Crippen molar-refractivity contribution < 1.29 is 14.3 Å². The van der Waals surface area contributed by atoms with Crippen LogP contribution in [0.1, 0.15) is 17.5 Å². The Morgan fingerprint density at radius 3 is 3.06 bits per heavy atom. The second-order valence-corrected chi connectivity index (χ2v) is 4.96. The number of carbonyl (C=O) groups is 1. The number of hydrogen-bond acceptors (Lipinski definition) is 4. The molecule has 3 aliphatic rings. The molecule has 0 N–H and O–H groups in total. The highest BCUT2D eigenvalue weighted by atomic mass is 16.5. The smallest absolute Gasteiger partial charge is 0.312 e. The highest BCUT2D eigenvalue weighted by molar-refractivity contribution is 5.78. The summed E-state index contributed by atoms with van der Waals surface area (Å²) in [6, 6.07) is 2.09. The quantitative estimate of drug-likeness (QED) is 0.721. The minimum absolute atomic E-state index is 0.0305. The molecule has 0 aromatic carbocycles. The first-order valence-corrected chi connectivity index (χ1v) is 5.79. The van der Waals surface area contributed by atoms with Crippen LogP contribution >= 0.6 is 0 Å². The van der Waals surface area contributed by atoms with E-state index in [1.807, 2.05) is 19.3 Å². The second kappa shape index (κ2) is 3.53. The number of rotatable bonds is 2. The van der Waals surface area contributed by atoms with Crippen molar-refractivity contribution in [3.63, 3.8) is 0 Å². The van der Waals surface area contributed by atoms with E-state index >= 15 is 0 Å². The average molecular weight is 233 g/mol. The van der Waals surface area contributed by atoms with Gasteiger partial charge in [-0.05, 0) is 24.5 Å². The molecule has 17 heavy (non-hydrogen) atoms. The van der Waals surface area contributed by atoms with E-state index in [0.29, 0.717) is 6.61 Å². The number of fused-ring (bicyclic) bond motifs is 1. The van der Waals surface area contributed by atoms with Gasteiger partial charge in [0.25, 0.3) is 0 Å². The van der Waals surface area contributed by atoms with Gasteiger partial charge in [-0.2, -0.15) is 0 Å². The number of aryl methyl sites for hydroxylation is 1. The summed E-state index contributed by atoms with van der Waals surface area (Å²) in [6.07, 6.45) is 4.59. The van der Waals surface area contributed by atoms with Crippen LogP contribution in [0.2, 0.25) is 0 Å². The van der Waals surface area contributed by atoms with Crippen molar-refractivity contribution >= 4 is 5.97 Å². The molecule has 2 bridgehead atoms. The third-order valence-corrected chi connectivity index (χ3v) is 3.99. The van der Waals surface area contributed by atoms with Gasteiger partial charge in [-0.1, -0.05) is 6.07 Å². The molecule has 1 aromatic heterocycles. The molecule has 0 spiro atoms. The van der Waals surface area contributed by atoms with Gasteiger partial charge in [-0.15, -0.1) is 0 Å². The van der Waals surface area contributed by atoms with E-state index < -0.39 is 0 Å². The number of hydrogen-bond donors (Lipinski definition) is 0. The maximum absolute atomic E-state index is 11.8. The SMILES string of the molecule is COC(=O)[C@@H]1[C@H]2C[C@]1(c1cncc(C)c1)CO2. The number of methoxy groups -OCH3 is 1. The molecule has 1 saturated carbocycles. The summed E-state index contributed by atoms with van der Waals surface area (Å²) < 4.78 is 10.5. The summed E-state index contributed by atoms with van der Waals surface area (Å²) in [5, 5.41) is 0. The predicted octanol–water partition coefficient (Wildman–Crippen LogP) is 1.22. The normalized spacial score (nSPS) is 34.2. The van der Waals surface area contributed by atoms with E-state index in [2.05, 4.69) is 11.1 Å². The monoisotopic (exact) mass is 233 g/mol. The molecule has 0 unspecified atom stereocenters. The van der Waals surface area contributed by atoms with Crippen LogP contribution in [-0.4, -0.2) is 30.8 Å². The van der Waals surface area contributed by atoms with Gasteiger partial charge in [0.2, 0.25) is 0 Å². The first-order chi connectivity index (χ1) is 8.17. The minimum Gasteiger partial charge on any atom is -0.469 e. The van der Waals surface area contributed by atoms with Gasteiger partial charge >= 0.3 is 5.97 Å². The van der Waals surface area contributed by atoms with Gasteiger partial charge in [0, 0.05) is 17.8 Å². The van der Waals surface area contributed by atoms with Crippen molar-refractivity contribution in [2.24, 2.45) is 5.92 Å². The van der Waals surface area contributed by atoms with Crippen molar-refractivity contribution in [2.75, 3.05) is 13.7 Å². The van der Waals surface area contributed by atoms with Gasteiger partial charge in [0.05, 0.1) is 25.7 Å². The molecule has 4 heteroatoms. The zero-order valence-corrected chi connectivity index (χ0v) is 9.97. The Bertz CT molecular complexity index is 469.